The van der Waals surface area contributed by atoms with E-state index in [0.29, 0.717) is 11.3 Å². The molecule has 0 aliphatic rings. The van der Waals surface area contributed by atoms with Gasteiger partial charge in [0.25, 0.3) is 11.8 Å². The minimum Gasteiger partial charge on any atom is -0.454 e. The second-order valence-electron chi connectivity index (χ2n) is 7.45. The molecule has 0 unspecified atom stereocenters. The van der Waals surface area contributed by atoms with E-state index in [-0.39, 0.29) is 17.9 Å². The minimum atomic E-state index is -0.683. The molecule has 2 aromatic carbocycles. The van der Waals surface area contributed by atoms with Gasteiger partial charge in [-0.1, -0.05) is 32.9 Å². The highest BCUT2D eigenvalue weighted by Crippen LogP contribution is 2.22. The molecule has 6 nitrogen and oxygen atoms in total. The number of hydrogen-bond donors (Lipinski definition) is 2. The van der Waals surface area contributed by atoms with Gasteiger partial charge in [0.1, 0.15) is 6.54 Å². The van der Waals surface area contributed by atoms with Crippen molar-refractivity contribution in [2.24, 2.45) is 0 Å². The molecule has 0 bridgehead atoms. The lowest BCUT2D eigenvalue weighted by molar-refractivity contribution is -0.146. The molecule has 0 atom stereocenters. The van der Waals surface area contributed by atoms with E-state index in [2.05, 4.69) is 31.4 Å². The van der Waals surface area contributed by atoms with E-state index in [1.54, 1.807) is 36.0 Å². The number of esters is 1. The largest absolute Gasteiger partial charge is 0.454 e. The summed E-state index contributed by atoms with van der Waals surface area (Å²) in [5.74, 6) is -1.50. The molecule has 0 aliphatic heterocycles. The monoisotopic (exact) mass is 414 g/mol. The SMILES string of the molecule is CSc1ccc(NC(=O)COC(=O)CNC(=O)c2ccc(C(C)(C)C)cc2)cc1. The highest BCUT2D eigenvalue weighted by molar-refractivity contribution is 7.98. The zero-order valence-electron chi connectivity index (χ0n) is 17.1. The van der Waals surface area contributed by atoms with Crippen LogP contribution in [0.15, 0.2) is 53.4 Å². The van der Waals surface area contributed by atoms with Crippen LogP contribution >= 0.6 is 11.8 Å². The van der Waals surface area contributed by atoms with E-state index >= 15 is 0 Å². The van der Waals surface area contributed by atoms with Crippen molar-refractivity contribution in [2.45, 2.75) is 31.1 Å². The molecule has 2 amide bonds. The van der Waals surface area contributed by atoms with Crippen LogP contribution in [0, 0.1) is 0 Å². The molecular weight excluding hydrogens is 388 g/mol. The molecule has 0 heterocycles. The summed E-state index contributed by atoms with van der Waals surface area (Å²) < 4.78 is 4.90. The number of amides is 2. The Labute approximate surface area is 175 Å². The van der Waals surface area contributed by atoms with Gasteiger partial charge in [0.15, 0.2) is 6.61 Å². The van der Waals surface area contributed by atoms with Crippen molar-refractivity contribution in [3.63, 3.8) is 0 Å². The van der Waals surface area contributed by atoms with Crippen LogP contribution in [-0.2, 0) is 19.7 Å². The molecule has 0 fully saturated rings. The topological polar surface area (TPSA) is 84.5 Å². The van der Waals surface area contributed by atoms with Crippen molar-refractivity contribution in [1.29, 1.82) is 0 Å². The molecule has 0 saturated carbocycles. The summed E-state index contributed by atoms with van der Waals surface area (Å²) in [6, 6.07) is 14.5. The highest BCUT2D eigenvalue weighted by atomic mass is 32.2. The van der Waals surface area contributed by atoms with Crippen LogP contribution in [0.3, 0.4) is 0 Å². The first-order valence-electron chi connectivity index (χ1n) is 9.17. The van der Waals surface area contributed by atoms with E-state index < -0.39 is 18.5 Å². The van der Waals surface area contributed by atoms with Crippen molar-refractivity contribution < 1.29 is 19.1 Å². The van der Waals surface area contributed by atoms with E-state index in [4.69, 9.17) is 4.74 Å². The van der Waals surface area contributed by atoms with E-state index in [1.165, 1.54) is 0 Å². The number of nitrogens with one attached hydrogen (secondary N) is 2. The molecular formula is C22H26N2O4S. The number of carbonyl (C=O) groups excluding carboxylic acids is 3. The zero-order valence-corrected chi connectivity index (χ0v) is 17.9. The Hall–Kier alpha value is -2.80. The third-order valence-electron chi connectivity index (χ3n) is 4.14. The Morgan fingerprint density at radius 2 is 1.59 bits per heavy atom. The standard InChI is InChI=1S/C22H26N2O4S/c1-22(2,3)16-7-5-15(6-8-16)21(27)23-13-20(26)28-14-19(25)24-17-9-11-18(29-4)12-10-17/h5-12H,13-14H2,1-4H3,(H,23,27)(H,24,25). The molecule has 0 saturated heterocycles. The fourth-order valence-electron chi connectivity index (χ4n) is 2.44. The maximum absolute atomic E-state index is 12.1. The van der Waals surface area contributed by atoms with Crippen molar-refractivity contribution in [3.05, 3.63) is 59.7 Å². The van der Waals surface area contributed by atoms with Crippen molar-refractivity contribution >= 4 is 35.2 Å². The van der Waals surface area contributed by atoms with Crippen LogP contribution in [0.1, 0.15) is 36.7 Å². The van der Waals surface area contributed by atoms with Gasteiger partial charge in [0.05, 0.1) is 0 Å². The average molecular weight is 415 g/mol. The number of carbonyl (C=O) groups is 3. The van der Waals surface area contributed by atoms with Gasteiger partial charge in [-0.05, 0) is 53.6 Å². The third-order valence-corrected chi connectivity index (χ3v) is 4.89. The molecule has 0 spiro atoms. The van der Waals surface area contributed by atoms with Crippen molar-refractivity contribution in [3.8, 4) is 0 Å². The molecule has 2 rings (SSSR count). The lowest BCUT2D eigenvalue weighted by Crippen LogP contribution is -2.32. The van der Waals surface area contributed by atoms with Gasteiger partial charge in [-0.25, -0.2) is 0 Å². The van der Waals surface area contributed by atoms with E-state index in [1.807, 2.05) is 30.5 Å². The number of hydrogen-bond acceptors (Lipinski definition) is 5. The number of thioether (sulfide) groups is 1. The quantitative estimate of drug-likeness (QED) is 0.534. The molecule has 154 valence electrons. The lowest BCUT2D eigenvalue weighted by Gasteiger charge is -2.19. The fraction of sp³-hybridized carbons (Fsp3) is 0.318. The second kappa shape index (κ2) is 10.1. The summed E-state index contributed by atoms with van der Waals surface area (Å²) in [5.41, 5.74) is 2.19. The van der Waals surface area contributed by atoms with Crippen molar-refractivity contribution in [2.75, 3.05) is 24.7 Å². The first-order valence-corrected chi connectivity index (χ1v) is 10.4. The molecule has 7 heteroatoms. The van der Waals surface area contributed by atoms with Gasteiger partial charge in [-0.15, -0.1) is 11.8 Å². The smallest absolute Gasteiger partial charge is 0.325 e. The Balaban J connectivity index is 1.74. The summed E-state index contributed by atoms with van der Waals surface area (Å²) in [6.07, 6.45) is 1.97. The number of anilines is 1. The van der Waals surface area contributed by atoms with Gasteiger partial charge >= 0.3 is 5.97 Å². The van der Waals surface area contributed by atoms with Crippen LogP contribution < -0.4 is 10.6 Å². The fourth-order valence-corrected chi connectivity index (χ4v) is 2.85. The first-order chi connectivity index (χ1) is 13.7. The number of benzene rings is 2. The third kappa shape index (κ3) is 7.27. The second-order valence-corrected chi connectivity index (χ2v) is 8.33. The first kappa shape index (κ1) is 22.5. The molecule has 2 N–H and O–H groups in total. The van der Waals surface area contributed by atoms with Crippen LogP contribution in [0.4, 0.5) is 5.69 Å². The van der Waals surface area contributed by atoms with Crippen LogP contribution in [0.2, 0.25) is 0 Å². The van der Waals surface area contributed by atoms with Crippen LogP contribution in [0.25, 0.3) is 0 Å². The van der Waals surface area contributed by atoms with E-state index in [0.717, 1.165) is 10.5 Å². The average Bonchev–Trinajstić information content (AvgIpc) is 2.70. The van der Waals surface area contributed by atoms with Gasteiger partial charge in [-0.2, -0.15) is 0 Å². The summed E-state index contributed by atoms with van der Waals surface area (Å²) in [5, 5.41) is 5.14. The Bertz CT molecular complexity index is 856. The van der Waals surface area contributed by atoms with Crippen LogP contribution in [-0.4, -0.2) is 37.2 Å². The van der Waals surface area contributed by atoms with Gasteiger partial charge < -0.3 is 15.4 Å². The maximum Gasteiger partial charge on any atom is 0.325 e. The minimum absolute atomic E-state index is 0.00358. The number of ether oxygens (including phenoxy) is 1. The molecule has 2 aromatic rings. The zero-order chi connectivity index (χ0) is 21.4. The van der Waals surface area contributed by atoms with Gasteiger partial charge in [0, 0.05) is 16.1 Å². The van der Waals surface area contributed by atoms with Crippen molar-refractivity contribution in [1.82, 2.24) is 5.32 Å². The Morgan fingerprint density at radius 3 is 2.14 bits per heavy atom. The summed E-state index contributed by atoms with van der Waals surface area (Å²) >= 11 is 1.60. The maximum atomic E-state index is 12.1. The highest BCUT2D eigenvalue weighted by Gasteiger charge is 2.15. The predicted molar refractivity (Wildman–Crippen MR) is 115 cm³/mol. The predicted octanol–water partition coefficient (Wildman–Crippen LogP) is 3.62. The lowest BCUT2D eigenvalue weighted by atomic mass is 9.87. The van der Waals surface area contributed by atoms with Gasteiger partial charge in [0.2, 0.25) is 0 Å². The Morgan fingerprint density at radius 1 is 0.966 bits per heavy atom. The Kier molecular flexibility index (Phi) is 7.84. The van der Waals surface area contributed by atoms with Crippen LogP contribution in [0.5, 0.6) is 0 Å². The summed E-state index contributed by atoms with van der Waals surface area (Å²) in [7, 11) is 0. The molecule has 0 aromatic heterocycles. The summed E-state index contributed by atoms with van der Waals surface area (Å²) in [4.78, 5) is 36.9. The molecule has 29 heavy (non-hydrogen) atoms. The van der Waals surface area contributed by atoms with Gasteiger partial charge in [-0.3, -0.25) is 14.4 Å². The number of rotatable bonds is 7. The summed E-state index contributed by atoms with van der Waals surface area (Å²) in [6.45, 7) is 5.55. The van der Waals surface area contributed by atoms with E-state index in [9.17, 15) is 14.4 Å². The molecule has 0 radical (unpaired) electrons. The molecule has 0 aliphatic carbocycles. The normalized spacial score (nSPS) is 10.9.